The van der Waals surface area contributed by atoms with Crippen LogP contribution in [0.3, 0.4) is 0 Å². The number of non-ortho nitro benzene ring substituents is 1. The molecular weight excluding hydrogens is 388 g/mol. The normalized spacial score (nSPS) is 13.6. The highest BCUT2D eigenvalue weighted by atomic mass is 16.6. The Hall–Kier alpha value is -4.20. The Bertz CT molecular complexity index is 1150. The van der Waals surface area contributed by atoms with Crippen molar-refractivity contribution in [3.63, 3.8) is 0 Å². The largest absolute Gasteiger partial charge is 0.457 e. The third-order valence-electron chi connectivity index (χ3n) is 4.59. The molecule has 30 heavy (non-hydrogen) atoms. The molecule has 4 rings (SSSR count). The van der Waals surface area contributed by atoms with Crippen LogP contribution < -0.4 is 4.90 Å². The highest BCUT2D eigenvalue weighted by Gasteiger charge is 2.23. The molecule has 0 radical (unpaired) electrons. The Kier molecular flexibility index (Phi) is 5.13. The summed E-state index contributed by atoms with van der Waals surface area (Å²) in [5.74, 6) is 0.764. The molecule has 1 aromatic heterocycles. The quantitative estimate of drug-likeness (QED) is 0.255. The minimum atomic E-state index is -0.465. The van der Waals surface area contributed by atoms with Crippen molar-refractivity contribution in [1.82, 2.24) is 0 Å². The lowest BCUT2D eigenvalue weighted by molar-refractivity contribution is -0.384. The molecule has 3 aromatic rings. The van der Waals surface area contributed by atoms with E-state index in [1.54, 1.807) is 54.6 Å². The van der Waals surface area contributed by atoms with Crippen LogP contribution in [0.4, 0.5) is 16.2 Å². The first-order valence-electron chi connectivity index (χ1n) is 9.13. The predicted octanol–water partition coefficient (Wildman–Crippen LogP) is 4.71. The zero-order valence-electron chi connectivity index (χ0n) is 15.7. The number of carbonyl (C=O) groups excluding carboxylic acids is 2. The minimum Gasteiger partial charge on any atom is -0.457 e. The molecular formula is C22H16N2O6. The number of furan rings is 1. The molecule has 1 amide bonds. The van der Waals surface area contributed by atoms with Crippen LogP contribution in [0, 0.1) is 10.1 Å². The highest BCUT2D eigenvalue weighted by molar-refractivity contribution is 6.07. The van der Waals surface area contributed by atoms with Gasteiger partial charge in [0.25, 0.3) is 5.69 Å². The smallest absolute Gasteiger partial charge is 0.414 e. The van der Waals surface area contributed by atoms with E-state index in [0.717, 1.165) is 0 Å². The van der Waals surface area contributed by atoms with Gasteiger partial charge in [-0.05, 0) is 48.6 Å². The number of hydrogen-bond donors (Lipinski definition) is 0. The third-order valence-corrected chi connectivity index (χ3v) is 4.59. The topological polar surface area (TPSA) is 103 Å². The van der Waals surface area contributed by atoms with Gasteiger partial charge in [0.1, 0.15) is 18.1 Å². The summed E-state index contributed by atoms with van der Waals surface area (Å²) in [6.45, 7) is 0.774. The summed E-state index contributed by atoms with van der Waals surface area (Å²) in [5.41, 5.74) is 1.73. The third kappa shape index (κ3) is 3.97. The van der Waals surface area contributed by atoms with Gasteiger partial charge in [-0.1, -0.05) is 12.1 Å². The second-order valence-electron chi connectivity index (χ2n) is 6.52. The van der Waals surface area contributed by atoms with Gasteiger partial charge in [-0.15, -0.1) is 0 Å². The van der Waals surface area contributed by atoms with Gasteiger partial charge in [0.15, 0.2) is 5.78 Å². The Balaban J connectivity index is 1.47. The first-order valence-corrected chi connectivity index (χ1v) is 9.13. The van der Waals surface area contributed by atoms with Crippen LogP contribution in [0.25, 0.3) is 17.4 Å². The second-order valence-corrected chi connectivity index (χ2v) is 6.52. The number of carbonyl (C=O) groups is 2. The van der Waals surface area contributed by atoms with E-state index in [-0.39, 0.29) is 11.5 Å². The number of nitrogens with zero attached hydrogens (tertiary/aromatic N) is 2. The van der Waals surface area contributed by atoms with E-state index in [2.05, 4.69) is 0 Å². The molecule has 0 spiro atoms. The highest BCUT2D eigenvalue weighted by Crippen LogP contribution is 2.25. The van der Waals surface area contributed by atoms with Gasteiger partial charge < -0.3 is 9.15 Å². The molecule has 2 aromatic carbocycles. The zero-order valence-corrected chi connectivity index (χ0v) is 15.7. The van der Waals surface area contributed by atoms with Crippen LogP contribution in [-0.2, 0) is 4.74 Å². The number of allylic oxidation sites excluding steroid dienone is 1. The number of ketones is 1. The molecule has 0 unspecified atom stereocenters. The van der Waals surface area contributed by atoms with Gasteiger partial charge in [-0.3, -0.25) is 19.8 Å². The van der Waals surface area contributed by atoms with E-state index in [0.29, 0.717) is 41.5 Å². The lowest BCUT2D eigenvalue weighted by Gasteiger charge is -2.13. The van der Waals surface area contributed by atoms with E-state index in [1.165, 1.54) is 23.1 Å². The van der Waals surface area contributed by atoms with Crippen LogP contribution in [0.2, 0.25) is 0 Å². The second kappa shape index (κ2) is 8.04. The van der Waals surface area contributed by atoms with Gasteiger partial charge in [0.2, 0.25) is 0 Å². The van der Waals surface area contributed by atoms with E-state index < -0.39 is 11.0 Å². The average Bonchev–Trinajstić information content (AvgIpc) is 3.41. The van der Waals surface area contributed by atoms with Crippen LogP contribution in [0.5, 0.6) is 0 Å². The maximum absolute atomic E-state index is 12.5. The Morgan fingerprint density at radius 3 is 2.60 bits per heavy atom. The fraction of sp³-hybridized carbons (Fsp3) is 0.0909. The summed E-state index contributed by atoms with van der Waals surface area (Å²) in [6.07, 6.45) is 2.51. The molecule has 1 saturated heterocycles. The maximum atomic E-state index is 12.5. The van der Waals surface area contributed by atoms with Crippen molar-refractivity contribution in [2.45, 2.75) is 0 Å². The number of ether oxygens (including phenoxy) is 1. The molecule has 0 aliphatic carbocycles. The Morgan fingerprint density at radius 1 is 1.10 bits per heavy atom. The maximum Gasteiger partial charge on any atom is 0.414 e. The van der Waals surface area contributed by atoms with Gasteiger partial charge in [-0.25, -0.2) is 4.79 Å². The minimum absolute atomic E-state index is 0.000412. The van der Waals surface area contributed by atoms with Crippen LogP contribution in [0.1, 0.15) is 16.1 Å². The molecule has 1 aliphatic rings. The number of amides is 1. The van der Waals surface area contributed by atoms with Gasteiger partial charge in [0, 0.05) is 28.9 Å². The summed E-state index contributed by atoms with van der Waals surface area (Å²) in [6, 6.07) is 16.2. The first-order chi connectivity index (χ1) is 14.5. The standard InChI is InChI=1S/C22H16N2O6/c25-20(16-2-1-3-18(14-16)23-12-13-29-22(23)26)10-8-19-9-11-21(30-19)15-4-6-17(7-5-15)24(27)28/h1-11,14H,12-13H2. The lowest BCUT2D eigenvalue weighted by atomic mass is 10.1. The number of benzene rings is 2. The van der Waals surface area contributed by atoms with Crippen LogP contribution in [0.15, 0.2) is 71.2 Å². The van der Waals surface area contributed by atoms with Crippen molar-refractivity contribution in [2.75, 3.05) is 18.1 Å². The van der Waals surface area contributed by atoms with Crippen molar-refractivity contribution >= 4 is 29.3 Å². The predicted molar refractivity (Wildman–Crippen MR) is 109 cm³/mol. The fourth-order valence-corrected chi connectivity index (χ4v) is 3.05. The molecule has 150 valence electrons. The molecule has 8 nitrogen and oxygen atoms in total. The summed E-state index contributed by atoms with van der Waals surface area (Å²) >= 11 is 0. The number of anilines is 1. The van der Waals surface area contributed by atoms with Gasteiger partial charge in [-0.2, -0.15) is 0 Å². The van der Waals surface area contributed by atoms with Crippen molar-refractivity contribution < 1.29 is 23.7 Å². The Labute approximate surface area is 171 Å². The van der Waals surface area contributed by atoms with E-state index in [4.69, 9.17) is 9.15 Å². The summed E-state index contributed by atoms with van der Waals surface area (Å²) in [7, 11) is 0. The van der Waals surface area contributed by atoms with Crippen LogP contribution in [-0.4, -0.2) is 30.0 Å². The van der Waals surface area contributed by atoms with E-state index in [1.807, 2.05) is 0 Å². The molecule has 0 atom stereocenters. The van der Waals surface area contributed by atoms with Crippen molar-refractivity contribution in [1.29, 1.82) is 0 Å². The lowest BCUT2D eigenvalue weighted by Crippen LogP contribution is -2.23. The van der Waals surface area contributed by atoms with Gasteiger partial charge in [0.05, 0.1) is 11.5 Å². The van der Waals surface area contributed by atoms with E-state index in [9.17, 15) is 19.7 Å². The first kappa shape index (κ1) is 19.1. The SMILES string of the molecule is O=C(C=Cc1ccc(-c2ccc([N+](=O)[O-])cc2)o1)c1cccc(N2CCOC2=O)c1. The molecule has 8 heteroatoms. The number of hydrogen-bond acceptors (Lipinski definition) is 6. The molecule has 0 N–H and O–H groups in total. The summed E-state index contributed by atoms with van der Waals surface area (Å²) < 4.78 is 10.6. The molecule has 0 bridgehead atoms. The number of nitro benzene ring substituents is 1. The number of cyclic esters (lactones) is 1. The number of nitro groups is 1. The Morgan fingerprint density at radius 2 is 1.90 bits per heavy atom. The zero-order chi connectivity index (χ0) is 21.1. The summed E-state index contributed by atoms with van der Waals surface area (Å²) in [4.78, 5) is 36.0. The molecule has 2 heterocycles. The van der Waals surface area contributed by atoms with Crippen molar-refractivity contribution in [3.8, 4) is 11.3 Å². The molecule has 1 aliphatic heterocycles. The average molecular weight is 404 g/mol. The molecule has 1 fully saturated rings. The molecule has 0 saturated carbocycles. The van der Waals surface area contributed by atoms with Crippen LogP contribution >= 0.6 is 0 Å². The summed E-state index contributed by atoms with van der Waals surface area (Å²) in [5, 5.41) is 10.7. The monoisotopic (exact) mass is 404 g/mol. The van der Waals surface area contributed by atoms with Gasteiger partial charge >= 0.3 is 6.09 Å². The van der Waals surface area contributed by atoms with Crippen molar-refractivity contribution in [3.05, 3.63) is 88.2 Å². The fourth-order valence-electron chi connectivity index (χ4n) is 3.05. The van der Waals surface area contributed by atoms with E-state index >= 15 is 0 Å². The van der Waals surface area contributed by atoms with Crippen molar-refractivity contribution in [2.24, 2.45) is 0 Å². The number of rotatable bonds is 6.